The summed E-state index contributed by atoms with van der Waals surface area (Å²) in [6.45, 7) is 5.72. The number of aryl methyl sites for hydroxylation is 2. The van der Waals surface area contributed by atoms with Crippen LogP contribution in [0.25, 0.3) is 0 Å². The second-order valence-corrected chi connectivity index (χ2v) is 6.46. The zero-order valence-corrected chi connectivity index (χ0v) is 17.8. The van der Waals surface area contributed by atoms with Gasteiger partial charge >= 0.3 is 0 Å². The van der Waals surface area contributed by atoms with Gasteiger partial charge < -0.3 is 10.6 Å². The van der Waals surface area contributed by atoms with Gasteiger partial charge in [0.05, 0.1) is 5.69 Å². The number of hydrogen-bond donors (Lipinski definition) is 2. The number of aromatic nitrogens is 2. The summed E-state index contributed by atoms with van der Waals surface area (Å²) in [5, 5.41) is 11.1. The van der Waals surface area contributed by atoms with Crippen LogP contribution in [0.15, 0.2) is 40.2 Å². The quantitative estimate of drug-likeness (QED) is 0.229. The van der Waals surface area contributed by atoms with E-state index in [9.17, 15) is 0 Å². The number of nitrogens with one attached hydrogen (secondary N) is 2. The van der Waals surface area contributed by atoms with Gasteiger partial charge in [0.25, 0.3) is 0 Å². The normalized spacial score (nSPS) is 11.1. The Morgan fingerprint density at radius 1 is 1.21 bits per heavy atom. The van der Waals surface area contributed by atoms with Crippen molar-refractivity contribution in [2.75, 3.05) is 19.3 Å². The van der Waals surface area contributed by atoms with E-state index in [-0.39, 0.29) is 24.0 Å². The standard InChI is InChI=1S/C17H25N5S.HI/c1-13-16(14(2)22(4)21-13)12-20-17(18-3)19-10-11-23-15-8-6-5-7-9-15;/h5-9H,10-12H2,1-4H3,(H2,18,19,20);1H. The lowest BCUT2D eigenvalue weighted by Gasteiger charge is -2.12. The molecule has 0 spiro atoms. The lowest BCUT2D eigenvalue weighted by molar-refractivity contribution is 0.729. The van der Waals surface area contributed by atoms with Gasteiger partial charge in [-0.15, -0.1) is 35.7 Å². The molecule has 2 rings (SSSR count). The van der Waals surface area contributed by atoms with Crippen molar-refractivity contribution >= 4 is 41.7 Å². The average Bonchev–Trinajstić information content (AvgIpc) is 2.80. The van der Waals surface area contributed by atoms with Crippen molar-refractivity contribution in [2.24, 2.45) is 12.0 Å². The second kappa shape index (κ2) is 10.6. The predicted octanol–water partition coefficient (Wildman–Crippen LogP) is 3.11. The van der Waals surface area contributed by atoms with Crippen molar-refractivity contribution in [1.82, 2.24) is 20.4 Å². The fourth-order valence-corrected chi connectivity index (χ4v) is 3.11. The number of benzene rings is 1. The molecule has 24 heavy (non-hydrogen) atoms. The highest BCUT2D eigenvalue weighted by molar-refractivity contribution is 14.0. The zero-order chi connectivity index (χ0) is 16.7. The van der Waals surface area contributed by atoms with E-state index in [0.717, 1.165) is 30.5 Å². The molecule has 0 aliphatic heterocycles. The molecule has 0 bridgehead atoms. The number of thioether (sulfide) groups is 1. The van der Waals surface area contributed by atoms with E-state index in [2.05, 4.69) is 51.9 Å². The third kappa shape index (κ3) is 6.01. The Bertz CT molecular complexity index is 655. The van der Waals surface area contributed by atoms with Crippen molar-refractivity contribution < 1.29 is 0 Å². The summed E-state index contributed by atoms with van der Waals surface area (Å²) in [6.07, 6.45) is 0. The van der Waals surface area contributed by atoms with Crippen molar-refractivity contribution in [3.63, 3.8) is 0 Å². The molecule has 0 saturated carbocycles. The first kappa shape index (κ1) is 20.8. The van der Waals surface area contributed by atoms with E-state index >= 15 is 0 Å². The van der Waals surface area contributed by atoms with Crippen molar-refractivity contribution in [2.45, 2.75) is 25.3 Å². The van der Waals surface area contributed by atoms with Crippen molar-refractivity contribution in [1.29, 1.82) is 0 Å². The number of rotatable bonds is 6. The van der Waals surface area contributed by atoms with E-state index in [4.69, 9.17) is 0 Å². The molecule has 132 valence electrons. The van der Waals surface area contributed by atoms with Crippen LogP contribution in [-0.2, 0) is 13.6 Å². The highest BCUT2D eigenvalue weighted by atomic mass is 127. The minimum Gasteiger partial charge on any atom is -0.356 e. The largest absolute Gasteiger partial charge is 0.356 e. The molecule has 0 unspecified atom stereocenters. The molecule has 0 aliphatic rings. The molecule has 7 heteroatoms. The van der Waals surface area contributed by atoms with Crippen LogP contribution in [0.4, 0.5) is 0 Å². The summed E-state index contributed by atoms with van der Waals surface area (Å²) in [7, 11) is 3.77. The molecular formula is C17H26IN5S. The molecule has 0 amide bonds. The topological polar surface area (TPSA) is 54.2 Å². The maximum atomic E-state index is 4.44. The number of guanidine groups is 1. The summed E-state index contributed by atoms with van der Waals surface area (Å²) in [6, 6.07) is 10.4. The zero-order valence-electron chi connectivity index (χ0n) is 14.7. The Morgan fingerprint density at radius 2 is 1.92 bits per heavy atom. The number of hydrogen-bond acceptors (Lipinski definition) is 3. The molecular weight excluding hydrogens is 433 g/mol. The van der Waals surface area contributed by atoms with Gasteiger partial charge in [0.2, 0.25) is 0 Å². The highest BCUT2D eigenvalue weighted by Crippen LogP contribution is 2.15. The minimum atomic E-state index is 0. The Hall–Kier alpha value is -1.22. The van der Waals surface area contributed by atoms with E-state index in [1.807, 2.05) is 36.5 Å². The lowest BCUT2D eigenvalue weighted by Crippen LogP contribution is -2.38. The molecule has 1 aromatic carbocycles. The van der Waals surface area contributed by atoms with Gasteiger partial charge in [-0.1, -0.05) is 18.2 Å². The van der Waals surface area contributed by atoms with Crippen LogP contribution >= 0.6 is 35.7 Å². The van der Waals surface area contributed by atoms with Crippen molar-refractivity contribution in [3.8, 4) is 0 Å². The molecule has 1 aromatic heterocycles. The molecule has 0 atom stereocenters. The number of halogens is 1. The monoisotopic (exact) mass is 459 g/mol. The van der Waals surface area contributed by atoms with Gasteiger partial charge in [0.1, 0.15) is 0 Å². The van der Waals surface area contributed by atoms with Gasteiger partial charge in [-0.05, 0) is 26.0 Å². The van der Waals surface area contributed by atoms with Gasteiger partial charge in [-0.3, -0.25) is 9.67 Å². The molecule has 0 aliphatic carbocycles. The molecule has 0 radical (unpaired) electrons. The smallest absolute Gasteiger partial charge is 0.191 e. The van der Waals surface area contributed by atoms with E-state index < -0.39 is 0 Å². The summed E-state index contributed by atoms with van der Waals surface area (Å²) in [5.74, 6) is 1.82. The summed E-state index contributed by atoms with van der Waals surface area (Å²) >= 11 is 1.84. The van der Waals surface area contributed by atoms with Crippen LogP contribution in [0.1, 0.15) is 17.0 Å². The van der Waals surface area contributed by atoms with E-state index in [1.165, 1.54) is 16.2 Å². The number of nitrogens with zero attached hydrogens (tertiary/aromatic N) is 3. The van der Waals surface area contributed by atoms with Crippen LogP contribution in [-0.4, -0.2) is 35.1 Å². The lowest BCUT2D eigenvalue weighted by atomic mass is 10.2. The number of aliphatic imine (C=N–C) groups is 1. The first-order chi connectivity index (χ1) is 11.1. The van der Waals surface area contributed by atoms with E-state index in [1.54, 1.807) is 7.05 Å². The SMILES string of the molecule is CN=C(NCCSc1ccccc1)NCc1c(C)nn(C)c1C.I. The first-order valence-electron chi connectivity index (χ1n) is 7.73. The molecule has 0 saturated heterocycles. The Kier molecular flexibility index (Phi) is 9.20. The van der Waals surface area contributed by atoms with Crippen LogP contribution < -0.4 is 10.6 Å². The minimum absolute atomic E-state index is 0. The van der Waals surface area contributed by atoms with Gasteiger partial charge in [-0.2, -0.15) is 5.10 Å². The Labute approximate surface area is 165 Å². The average molecular weight is 459 g/mol. The fraction of sp³-hybridized carbons (Fsp3) is 0.412. The van der Waals surface area contributed by atoms with Crippen LogP contribution in [0.2, 0.25) is 0 Å². The fourth-order valence-electron chi connectivity index (χ4n) is 2.32. The summed E-state index contributed by atoms with van der Waals surface area (Å²) in [5.41, 5.74) is 3.48. The molecule has 1 heterocycles. The molecule has 2 aromatic rings. The van der Waals surface area contributed by atoms with Crippen LogP contribution in [0.3, 0.4) is 0 Å². The van der Waals surface area contributed by atoms with E-state index in [0.29, 0.717) is 0 Å². The van der Waals surface area contributed by atoms with Gasteiger partial charge in [0, 0.05) is 49.1 Å². The van der Waals surface area contributed by atoms with Gasteiger partial charge in [-0.25, -0.2) is 0 Å². The van der Waals surface area contributed by atoms with Crippen LogP contribution in [0.5, 0.6) is 0 Å². The third-order valence-corrected chi connectivity index (χ3v) is 4.74. The third-order valence-electron chi connectivity index (χ3n) is 3.72. The molecule has 0 fully saturated rings. The molecule has 5 nitrogen and oxygen atoms in total. The first-order valence-corrected chi connectivity index (χ1v) is 8.71. The summed E-state index contributed by atoms with van der Waals surface area (Å²) < 4.78 is 1.92. The Balaban J connectivity index is 0.00000288. The van der Waals surface area contributed by atoms with Gasteiger partial charge in [0.15, 0.2) is 5.96 Å². The maximum absolute atomic E-state index is 4.44. The second-order valence-electron chi connectivity index (χ2n) is 5.29. The Morgan fingerprint density at radius 3 is 2.50 bits per heavy atom. The van der Waals surface area contributed by atoms with Crippen LogP contribution in [0, 0.1) is 13.8 Å². The van der Waals surface area contributed by atoms with Crippen molar-refractivity contribution in [3.05, 3.63) is 47.3 Å². The predicted molar refractivity (Wildman–Crippen MR) is 113 cm³/mol. The molecule has 2 N–H and O–H groups in total. The maximum Gasteiger partial charge on any atom is 0.191 e. The highest BCUT2D eigenvalue weighted by Gasteiger charge is 2.09. The summed E-state index contributed by atoms with van der Waals surface area (Å²) in [4.78, 5) is 5.56.